The molecule has 7 nitrogen and oxygen atoms in total. The molecule has 2 atom stereocenters. The van der Waals surface area contributed by atoms with Crippen LogP contribution in [0.1, 0.15) is 66.8 Å². The average molecular weight is 720 g/mol. The summed E-state index contributed by atoms with van der Waals surface area (Å²) < 4.78 is 124. The first-order valence-corrected chi connectivity index (χ1v) is 16.2. The minimum atomic E-state index is -5.98. The van der Waals surface area contributed by atoms with Crippen molar-refractivity contribution < 1.29 is 49.1 Å². The van der Waals surface area contributed by atoms with Crippen molar-refractivity contribution in [3.63, 3.8) is 0 Å². The third-order valence-corrected chi connectivity index (χ3v) is 9.94. The number of H-pyrrole nitrogens is 1. The molecule has 3 heterocycles. The third-order valence-electron chi connectivity index (χ3n) is 9.94. The Hall–Kier alpha value is -3.63. The second-order valence-electron chi connectivity index (χ2n) is 13.2. The molecule has 2 saturated heterocycles. The molecule has 2 unspecified atom stereocenters. The number of likely N-dealkylation sites (N-methyl/N-ethyl adjacent to an activating group) is 1. The fourth-order valence-electron chi connectivity index (χ4n) is 7.48. The Morgan fingerprint density at radius 1 is 0.860 bits per heavy atom. The van der Waals surface area contributed by atoms with Gasteiger partial charge in [-0.2, -0.15) is 39.5 Å². The standard InChI is InChI=1S/C34H38F9N5O2/c1-20(49)31(44,26-18-45-27-9-5-4-8-23(26)27)29(48-14-10-22(11-15-48)47-12-6-3-7-13-47)30(50)46(2)19-21-16-24(32(35,36)37)28(34(41,42)43)25(17-21)33(38,39)40/h4-5,8-9,16-18,22,29,45H,3,6-7,10-15,19,44H2,1-2H3. The number of ketones is 1. The number of amides is 1. The number of fused-ring (bicyclic) bond motifs is 1. The second-order valence-corrected chi connectivity index (χ2v) is 13.2. The van der Waals surface area contributed by atoms with Crippen LogP contribution in [0.25, 0.3) is 10.9 Å². The van der Waals surface area contributed by atoms with Gasteiger partial charge in [-0.15, -0.1) is 0 Å². The minimum absolute atomic E-state index is 0.0265. The van der Waals surface area contributed by atoms with E-state index in [1.54, 1.807) is 29.2 Å². The van der Waals surface area contributed by atoms with E-state index in [1.807, 2.05) is 0 Å². The minimum Gasteiger partial charge on any atom is -0.361 e. The highest BCUT2D eigenvalue weighted by Gasteiger charge is 2.53. The fraction of sp³-hybridized carbons (Fsp3) is 0.529. The SMILES string of the molecule is CC(=O)C(N)(c1c[nH]c2ccccc12)C(C(=O)N(C)Cc1cc(C(F)(F)F)c(C(F)(F)F)c(C(F)(F)F)c1)N1CCC(N2CCCCC2)CC1. The largest absolute Gasteiger partial charge is 0.417 e. The molecule has 0 radical (unpaired) electrons. The van der Waals surface area contributed by atoms with Gasteiger partial charge in [-0.3, -0.25) is 14.5 Å². The maximum Gasteiger partial charge on any atom is 0.417 e. The van der Waals surface area contributed by atoms with E-state index in [0.29, 0.717) is 36.8 Å². The highest BCUT2D eigenvalue weighted by molar-refractivity contribution is 6.00. The van der Waals surface area contributed by atoms with Gasteiger partial charge in [-0.05, 0) is 69.5 Å². The number of likely N-dealkylation sites (tertiary alicyclic amines) is 2. The number of carbonyl (C=O) groups is 2. The number of benzene rings is 2. The van der Waals surface area contributed by atoms with E-state index in [9.17, 15) is 49.1 Å². The lowest BCUT2D eigenvalue weighted by Crippen LogP contribution is -2.67. The lowest BCUT2D eigenvalue weighted by molar-refractivity contribution is -0.174. The Kier molecular flexibility index (Phi) is 10.4. The van der Waals surface area contributed by atoms with E-state index in [2.05, 4.69) is 9.88 Å². The quantitative estimate of drug-likeness (QED) is 0.247. The number of nitrogens with two attached hydrogens (primary N) is 1. The predicted octanol–water partition coefficient (Wildman–Crippen LogP) is 6.94. The maximum atomic E-state index is 14.5. The molecule has 2 aliphatic heterocycles. The van der Waals surface area contributed by atoms with Crippen molar-refractivity contribution in [3.8, 4) is 0 Å². The van der Waals surface area contributed by atoms with Crippen LogP contribution in [0, 0.1) is 0 Å². The summed E-state index contributed by atoms with van der Waals surface area (Å²) in [4.78, 5) is 36.1. The zero-order valence-corrected chi connectivity index (χ0v) is 27.4. The van der Waals surface area contributed by atoms with E-state index in [0.717, 1.165) is 44.3 Å². The molecule has 50 heavy (non-hydrogen) atoms. The third kappa shape index (κ3) is 7.38. The molecular formula is C34H38F9N5O2. The summed E-state index contributed by atoms with van der Waals surface area (Å²) in [6.07, 6.45) is -11.6. The lowest BCUT2D eigenvalue weighted by Gasteiger charge is -2.47. The van der Waals surface area contributed by atoms with Gasteiger partial charge in [0.15, 0.2) is 5.78 Å². The Morgan fingerprint density at radius 3 is 1.94 bits per heavy atom. The van der Waals surface area contributed by atoms with Gasteiger partial charge < -0.3 is 20.5 Å². The Morgan fingerprint density at radius 2 is 1.42 bits per heavy atom. The first-order chi connectivity index (χ1) is 23.2. The van der Waals surface area contributed by atoms with E-state index < -0.39 is 70.6 Å². The van der Waals surface area contributed by atoms with Crippen molar-refractivity contribution in [3.05, 3.63) is 70.4 Å². The first-order valence-electron chi connectivity index (χ1n) is 16.2. The molecule has 2 fully saturated rings. The number of aromatic nitrogens is 1. The van der Waals surface area contributed by atoms with E-state index in [4.69, 9.17) is 5.73 Å². The Bertz CT molecular complexity index is 1670. The van der Waals surface area contributed by atoms with Gasteiger partial charge in [-0.25, -0.2) is 0 Å². The van der Waals surface area contributed by atoms with Crippen LogP contribution in [0.2, 0.25) is 0 Å². The number of hydrogen-bond acceptors (Lipinski definition) is 5. The van der Waals surface area contributed by atoms with Gasteiger partial charge >= 0.3 is 18.5 Å². The number of nitrogens with zero attached hydrogens (tertiary/aromatic N) is 3. The average Bonchev–Trinajstić information content (AvgIpc) is 3.48. The Balaban J connectivity index is 1.56. The Labute approximate surface area is 282 Å². The summed E-state index contributed by atoms with van der Waals surface area (Å²) in [5.41, 5.74) is -2.93. The summed E-state index contributed by atoms with van der Waals surface area (Å²) in [6.45, 7) is 2.71. The van der Waals surface area contributed by atoms with Crippen LogP contribution in [0.4, 0.5) is 39.5 Å². The molecule has 1 aromatic heterocycles. The van der Waals surface area contributed by atoms with Crippen molar-refractivity contribution in [2.24, 2.45) is 5.73 Å². The van der Waals surface area contributed by atoms with Crippen molar-refractivity contribution in [2.75, 3.05) is 33.2 Å². The number of hydrogen-bond donors (Lipinski definition) is 2. The molecule has 0 bridgehead atoms. The number of nitrogens with one attached hydrogen (secondary N) is 1. The number of rotatable bonds is 8. The summed E-state index contributed by atoms with van der Waals surface area (Å²) in [7, 11) is 1.10. The van der Waals surface area contributed by atoms with Gasteiger partial charge in [0.2, 0.25) is 5.91 Å². The molecule has 3 N–H and O–H groups in total. The maximum absolute atomic E-state index is 14.5. The first kappa shape index (κ1) is 37.6. The lowest BCUT2D eigenvalue weighted by atomic mass is 9.77. The molecule has 1 amide bonds. The van der Waals surface area contributed by atoms with Gasteiger partial charge in [0.25, 0.3) is 0 Å². The van der Waals surface area contributed by atoms with Crippen LogP contribution >= 0.6 is 0 Å². The van der Waals surface area contributed by atoms with Crippen LogP contribution in [0.15, 0.2) is 42.6 Å². The topological polar surface area (TPSA) is 85.7 Å². The molecule has 274 valence electrons. The highest BCUT2D eigenvalue weighted by atomic mass is 19.4. The zero-order valence-electron chi connectivity index (χ0n) is 27.4. The number of para-hydroxylation sites is 1. The fourth-order valence-corrected chi connectivity index (χ4v) is 7.48. The molecule has 5 rings (SSSR count). The van der Waals surface area contributed by atoms with Crippen molar-refractivity contribution in [1.29, 1.82) is 0 Å². The van der Waals surface area contributed by atoms with Gasteiger partial charge in [-0.1, -0.05) is 24.6 Å². The number of halogens is 9. The number of piperidine rings is 2. The van der Waals surface area contributed by atoms with Gasteiger partial charge in [0.05, 0.1) is 16.7 Å². The molecule has 0 saturated carbocycles. The van der Waals surface area contributed by atoms with Crippen molar-refractivity contribution >= 4 is 22.6 Å². The molecular weight excluding hydrogens is 681 g/mol. The molecule has 3 aromatic rings. The van der Waals surface area contributed by atoms with E-state index in [-0.39, 0.29) is 23.7 Å². The number of Topliss-reactive ketones (excluding diaryl/α,β-unsaturated/α-hetero) is 1. The number of alkyl halides is 9. The molecule has 2 aromatic carbocycles. The zero-order chi connectivity index (χ0) is 36.8. The second kappa shape index (κ2) is 13.8. The van der Waals surface area contributed by atoms with Crippen molar-refractivity contribution in [2.45, 2.75) is 81.7 Å². The van der Waals surface area contributed by atoms with Crippen LogP contribution < -0.4 is 5.73 Å². The molecule has 0 aliphatic carbocycles. The monoisotopic (exact) mass is 719 g/mol. The van der Waals surface area contributed by atoms with E-state index in [1.165, 1.54) is 13.1 Å². The van der Waals surface area contributed by atoms with Gasteiger partial charge in [0.1, 0.15) is 11.6 Å². The van der Waals surface area contributed by atoms with Crippen molar-refractivity contribution in [1.82, 2.24) is 19.7 Å². The summed E-state index contributed by atoms with van der Waals surface area (Å²) in [6, 6.07) is 5.55. The van der Waals surface area contributed by atoms with Crippen LogP contribution in [-0.2, 0) is 40.2 Å². The van der Waals surface area contributed by atoms with Crippen LogP contribution in [0.5, 0.6) is 0 Å². The molecule has 16 heteroatoms. The van der Waals surface area contributed by atoms with Crippen LogP contribution in [0.3, 0.4) is 0 Å². The summed E-state index contributed by atoms with van der Waals surface area (Å²) >= 11 is 0. The molecule has 2 aliphatic rings. The van der Waals surface area contributed by atoms with E-state index >= 15 is 0 Å². The summed E-state index contributed by atoms with van der Waals surface area (Å²) in [5.74, 6) is -1.52. The van der Waals surface area contributed by atoms with Crippen LogP contribution in [-0.4, -0.2) is 76.7 Å². The smallest absolute Gasteiger partial charge is 0.361 e. The summed E-state index contributed by atoms with van der Waals surface area (Å²) in [5, 5.41) is 0.529. The number of aromatic amines is 1. The molecule has 0 spiro atoms. The van der Waals surface area contributed by atoms with Gasteiger partial charge in [0, 0.05) is 55.4 Å². The normalized spacial score (nSPS) is 19.4. The predicted molar refractivity (Wildman–Crippen MR) is 167 cm³/mol. The number of carbonyl (C=O) groups excluding carboxylic acids is 2. The highest BCUT2D eigenvalue weighted by Crippen LogP contribution is 2.47.